The standard InChI is InChI=1S/C28H39N3O4/c32-26(30-16-18-35-19-17-30)21-31-20-24(23-14-10-11-15-25(23)31)27(33)28(34)29-22-12-8-6-4-2-1-3-5-7-9-13-22/h10-11,14-15,20,22H,1-9,12-13,16-19,21H2,(H,29,34). The Balaban J connectivity index is 1.45. The third-order valence-electron chi connectivity index (χ3n) is 7.35. The molecule has 1 aliphatic heterocycles. The molecule has 1 aliphatic carbocycles. The zero-order chi connectivity index (χ0) is 24.5. The number of fused-ring (bicyclic) bond motifs is 1. The number of ether oxygens (including phenoxy) is 1. The molecule has 2 heterocycles. The van der Waals surface area contributed by atoms with Gasteiger partial charge in [0.25, 0.3) is 11.7 Å². The first-order chi connectivity index (χ1) is 17.1. The molecule has 0 unspecified atom stereocenters. The quantitative estimate of drug-likeness (QED) is 0.505. The van der Waals surface area contributed by atoms with Crippen LogP contribution in [0.3, 0.4) is 0 Å². The molecule has 4 rings (SSSR count). The minimum atomic E-state index is -0.537. The van der Waals surface area contributed by atoms with Gasteiger partial charge in [0.05, 0.1) is 18.8 Å². The predicted octanol–water partition coefficient (Wildman–Crippen LogP) is 4.47. The molecular formula is C28H39N3O4. The molecular weight excluding hydrogens is 442 g/mol. The van der Waals surface area contributed by atoms with Crippen molar-refractivity contribution in [3.8, 4) is 0 Å². The van der Waals surface area contributed by atoms with Crippen molar-refractivity contribution in [3.05, 3.63) is 36.0 Å². The maximum absolute atomic E-state index is 13.3. The second kappa shape index (κ2) is 12.9. The fourth-order valence-electron chi connectivity index (χ4n) is 5.30. The summed E-state index contributed by atoms with van der Waals surface area (Å²) in [5.41, 5.74) is 1.15. The summed E-state index contributed by atoms with van der Waals surface area (Å²) in [5.74, 6) is -1.07. The number of morpholine rings is 1. The van der Waals surface area contributed by atoms with Gasteiger partial charge in [-0.1, -0.05) is 76.0 Å². The lowest BCUT2D eigenvalue weighted by Gasteiger charge is -2.27. The molecule has 1 saturated heterocycles. The summed E-state index contributed by atoms with van der Waals surface area (Å²) in [7, 11) is 0. The number of rotatable bonds is 5. The highest BCUT2D eigenvalue weighted by Gasteiger charge is 2.25. The number of hydrogen-bond acceptors (Lipinski definition) is 4. The van der Waals surface area contributed by atoms with E-state index in [2.05, 4.69) is 5.32 Å². The van der Waals surface area contributed by atoms with Gasteiger partial charge in [0.2, 0.25) is 5.91 Å². The van der Waals surface area contributed by atoms with Crippen LogP contribution < -0.4 is 5.32 Å². The molecule has 0 atom stereocenters. The van der Waals surface area contributed by atoms with Gasteiger partial charge in [-0.15, -0.1) is 0 Å². The highest BCUT2D eigenvalue weighted by molar-refractivity contribution is 6.45. The second-order valence-corrected chi connectivity index (χ2v) is 9.94. The van der Waals surface area contributed by atoms with Crippen LogP contribution in [0.15, 0.2) is 30.5 Å². The van der Waals surface area contributed by atoms with Crippen LogP contribution in [0.25, 0.3) is 10.9 Å². The van der Waals surface area contributed by atoms with E-state index in [0.717, 1.165) is 31.2 Å². The lowest BCUT2D eigenvalue weighted by atomic mass is 9.97. The molecule has 1 aromatic carbocycles. The molecule has 190 valence electrons. The average molecular weight is 482 g/mol. The first-order valence-electron chi connectivity index (χ1n) is 13.4. The van der Waals surface area contributed by atoms with Gasteiger partial charge in [0.15, 0.2) is 0 Å². The Morgan fingerprint density at radius 1 is 0.857 bits per heavy atom. The molecule has 2 amide bonds. The number of para-hydroxylation sites is 1. The molecule has 2 aromatic rings. The average Bonchev–Trinajstić information content (AvgIpc) is 3.24. The van der Waals surface area contributed by atoms with E-state index in [-0.39, 0.29) is 18.5 Å². The van der Waals surface area contributed by atoms with E-state index in [1.807, 2.05) is 24.3 Å². The number of nitrogens with one attached hydrogen (secondary N) is 1. The van der Waals surface area contributed by atoms with Crippen molar-refractivity contribution in [2.75, 3.05) is 26.3 Å². The number of benzene rings is 1. The van der Waals surface area contributed by atoms with Crippen LogP contribution in [0.4, 0.5) is 0 Å². The van der Waals surface area contributed by atoms with E-state index in [4.69, 9.17) is 4.74 Å². The molecule has 1 aromatic heterocycles. The van der Waals surface area contributed by atoms with Crippen LogP contribution >= 0.6 is 0 Å². The monoisotopic (exact) mass is 481 g/mol. The van der Waals surface area contributed by atoms with Crippen LogP contribution in [0.5, 0.6) is 0 Å². The SMILES string of the molecule is O=C(NC1CCCCCCCCCCC1)C(=O)c1cn(CC(=O)N2CCOCC2)c2ccccc12. The maximum atomic E-state index is 13.3. The van der Waals surface area contributed by atoms with E-state index < -0.39 is 11.7 Å². The van der Waals surface area contributed by atoms with Gasteiger partial charge in [0.1, 0.15) is 6.54 Å². The topological polar surface area (TPSA) is 80.6 Å². The lowest BCUT2D eigenvalue weighted by Crippen LogP contribution is -2.42. The molecule has 35 heavy (non-hydrogen) atoms. The normalized spacial score (nSPS) is 19.0. The number of Topliss-reactive ketones (excluding diaryl/α,β-unsaturated/α-hetero) is 1. The Bertz CT molecular complexity index is 997. The minimum absolute atomic E-state index is 0.00859. The number of hydrogen-bond donors (Lipinski definition) is 1. The molecule has 1 saturated carbocycles. The number of carbonyl (C=O) groups is 3. The third-order valence-corrected chi connectivity index (χ3v) is 7.35. The van der Waals surface area contributed by atoms with E-state index >= 15 is 0 Å². The number of ketones is 1. The fraction of sp³-hybridized carbons (Fsp3) is 0.607. The van der Waals surface area contributed by atoms with Crippen molar-refractivity contribution in [2.24, 2.45) is 0 Å². The molecule has 0 spiro atoms. The number of aromatic nitrogens is 1. The summed E-state index contributed by atoms with van der Waals surface area (Å²) < 4.78 is 7.14. The van der Waals surface area contributed by atoms with Crippen LogP contribution in [0, 0.1) is 0 Å². The van der Waals surface area contributed by atoms with E-state index in [9.17, 15) is 14.4 Å². The maximum Gasteiger partial charge on any atom is 0.292 e. The smallest absolute Gasteiger partial charge is 0.292 e. The summed E-state index contributed by atoms with van der Waals surface area (Å²) >= 11 is 0. The van der Waals surface area contributed by atoms with Crippen LogP contribution in [0.1, 0.15) is 81.0 Å². The molecule has 2 fully saturated rings. The second-order valence-electron chi connectivity index (χ2n) is 9.94. The van der Waals surface area contributed by atoms with Crippen molar-refractivity contribution in [2.45, 2.75) is 83.2 Å². The van der Waals surface area contributed by atoms with E-state index in [1.54, 1.807) is 15.7 Å². The summed E-state index contributed by atoms with van der Waals surface area (Å²) in [4.78, 5) is 40.9. The highest BCUT2D eigenvalue weighted by Crippen LogP contribution is 2.23. The molecule has 1 N–H and O–H groups in total. The number of nitrogens with zero attached hydrogens (tertiary/aromatic N) is 2. The van der Waals surface area contributed by atoms with Gasteiger partial charge < -0.3 is 19.5 Å². The van der Waals surface area contributed by atoms with Crippen molar-refractivity contribution in [1.82, 2.24) is 14.8 Å². The van der Waals surface area contributed by atoms with E-state index in [1.165, 1.54) is 44.9 Å². The van der Waals surface area contributed by atoms with Crippen LogP contribution in [-0.2, 0) is 20.9 Å². The first kappa shape index (κ1) is 25.4. The van der Waals surface area contributed by atoms with Gasteiger partial charge in [-0.25, -0.2) is 0 Å². The summed E-state index contributed by atoms with van der Waals surface area (Å²) in [6.07, 6.45) is 14.5. The first-order valence-corrected chi connectivity index (χ1v) is 13.4. The molecule has 7 heteroatoms. The lowest BCUT2D eigenvalue weighted by molar-refractivity contribution is -0.135. The predicted molar refractivity (Wildman–Crippen MR) is 136 cm³/mol. The van der Waals surface area contributed by atoms with Gasteiger partial charge in [-0.05, 0) is 18.9 Å². The summed E-state index contributed by atoms with van der Waals surface area (Å²) in [6, 6.07) is 7.53. The fourth-order valence-corrected chi connectivity index (χ4v) is 5.30. The molecule has 2 aliphatic rings. The summed E-state index contributed by atoms with van der Waals surface area (Å²) in [6.45, 7) is 2.38. The largest absolute Gasteiger partial charge is 0.378 e. The molecule has 0 radical (unpaired) electrons. The summed E-state index contributed by atoms with van der Waals surface area (Å²) in [5, 5.41) is 3.76. The Labute approximate surface area is 208 Å². The number of carbonyl (C=O) groups excluding carboxylic acids is 3. The van der Waals surface area contributed by atoms with Crippen molar-refractivity contribution in [1.29, 1.82) is 0 Å². The third kappa shape index (κ3) is 6.94. The van der Waals surface area contributed by atoms with Crippen molar-refractivity contribution in [3.63, 3.8) is 0 Å². The zero-order valence-electron chi connectivity index (χ0n) is 20.8. The van der Waals surface area contributed by atoms with Gasteiger partial charge >= 0.3 is 0 Å². The van der Waals surface area contributed by atoms with Crippen molar-refractivity contribution < 1.29 is 19.1 Å². The van der Waals surface area contributed by atoms with Crippen molar-refractivity contribution >= 4 is 28.5 Å². The molecule has 0 bridgehead atoms. The van der Waals surface area contributed by atoms with Crippen LogP contribution in [-0.4, -0.2) is 59.4 Å². The van der Waals surface area contributed by atoms with Gasteiger partial charge in [-0.3, -0.25) is 14.4 Å². The Kier molecular flexibility index (Phi) is 9.35. The van der Waals surface area contributed by atoms with Gasteiger partial charge in [0, 0.05) is 36.2 Å². The zero-order valence-corrected chi connectivity index (χ0v) is 20.8. The van der Waals surface area contributed by atoms with Crippen LogP contribution in [0.2, 0.25) is 0 Å². The van der Waals surface area contributed by atoms with Gasteiger partial charge in [-0.2, -0.15) is 0 Å². The number of amides is 2. The minimum Gasteiger partial charge on any atom is -0.378 e. The highest BCUT2D eigenvalue weighted by atomic mass is 16.5. The van der Waals surface area contributed by atoms with E-state index in [0.29, 0.717) is 37.3 Å². The Hall–Kier alpha value is -2.67. The Morgan fingerprint density at radius 2 is 1.46 bits per heavy atom. The Morgan fingerprint density at radius 3 is 2.11 bits per heavy atom. The molecule has 7 nitrogen and oxygen atoms in total.